The Morgan fingerprint density at radius 1 is 1.42 bits per heavy atom. The molecule has 0 fully saturated rings. The summed E-state index contributed by atoms with van der Waals surface area (Å²) >= 11 is 0. The molecule has 0 aliphatic rings. The van der Waals surface area contributed by atoms with Crippen LogP contribution in [0.1, 0.15) is 23.2 Å². The van der Waals surface area contributed by atoms with Gasteiger partial charge in [-0.3, -0.25) is 9.78 Å². The Labute approximate surface area is 112 Å². The molecule has 2 aromatic heterocycles. The molecule has 0 aliphatic carbocycles. The molecule has 5 heteroatoms. The molecule has 0 aliphatic heterocycles. The van der Waals surface area contributed by atoms with Crippen LogP contribution in [-0.4, -0.2) is 24.0 Å². The Bertz CT molecular complexity index is 523. The van der Waals surface area contributed by atoms with Crippen LogP contribution in [0.15, 0.2) is 41.1 Å². The van der Waals surface area contributed by atoms with Gasteiger partial charge in [-0.05, 0) is 31.2 Å². The van der Waals surface area contributed by atoms with Gasteiger partial charge < -0.3 is 15.1 Å². The largest absolute Gasteiger partial charge is 0.469 e. The summed E-state index contributed by atoms with van der Waals surface area (Å²) in [5.41, 5.74) is 1.30. The molecule has 0 aromatic carbocycles. The van der Waals surface area contributed by atoms with E-state index >= 15 is 0 Å². The lowest BCUT2D eigenvalue weighted by atomic mass is 10.2. The number of pyridine rings is 1. The molecular weight excluding hydrogens is 242 g/mol. The SMILES string of the molecule is CCNC(=O)c1cc(NCCc2ccco2)ccn1. The molecule has 0 atom stereocenters. The quantitative estimate of drug-likeness (QED) is 0.833. The van der Waals surface area contributed by atoms with E-state index in [1.54, 1.807) is 18.5 Å². The monoisotopic (exact) mass is 259 g/mol. The summed E-state index contributed by atoms with van der Waals surface area (Å²) in [4.78, 5) is 15.7. The molecule has 100 valence electrons. The lowest BCUT2D eigenvalue weighted by Gasteiger charge is -2.07. The molecule has 0 saturated carbocycles. The molecule has 2 rings (SSSR count). The number of nitrogens with zero attached hydrogens (tertiary/aromatic N) is 1. The highest BCUT2D eigenvalue weighted by atomic mass is 16.3. The minimum absolute atomic E-state index is 0.155. The summed E-state index contributed by atoms with van der Waals surface area (Å²) in [7, 11) is 0. The van der Waals surface area contributed by atoms with E-state index < -0.39 is 0 Å². The Hall–Kier alpha value is -2.30. The molecule has 0 radical (unpaired) electrons. The van der Waals surface area contributed by atoms with E-state index in [-0.39, 0.29) is 5.91 Å². The molecule has 0 saturated heterocycles. The van der Waals surface area contributed by atoms with Crippen LogP contribution >= 0.6 is 0 Å². The van der Waals surface area contributed by atoms with Gasteiger partial charge in [-0.2, -0.15) is 0 Å². The number of hydrogen-bond donors (Lipinski definition) is 2. The predicted octanol–water partition coefficient (Wildman–Crippen LogP) is 2.08. The third-order valence-electron chi connectivity index (χ3n) is 2.61. The fourth-order valence-corrected chi connectivity index (χ4v) is 1.70. The van der Waals surface area contributed by atoms with Crippen LogP contribution in [0.4, 0.5) is 5.69 Å². The first-order chi connectivity index (χ1) is 9.29. The minimum Gasteiger partial charge on any atom is -0.469 e. The van der Waals surface area contributed by atoms with Crippen molar-refractivity contribution in [2.45, 2.75) is 13.3 Å². The fourth-order valence-electron chi connectivity index (χ4n) is 1.70. The summed E-state index contributed by atoms with van der Waals surface area (Å²) in [6.45, 7) is 3.21. The predicted molar refractivity (Wildman–Crippen MR) is 73.1 cm³/mol. The zero-order valence-corrected chi connectivity index (χ0v) is 10.8. The van der Waals surface area contributed by atoms with Crippen molar-refractivity contribution in [2.75, 3.05) is 18.4 Å². The van der Waals surface area contributed by atoms with E-state index in [0.29, 0.717) is 12.2 Å². The fraction of sp³-hybridized carbons (Fsp3) is 0.286. The molecule has 0 spiro atoms. The number of carbonyl (C=O) groups is 1. The number of anilines is 1. The number of nitrogens with one attached hydrogen (secondary N) is 2. The molecule has 0 unspecified atom stereocenters. The van der Waals surface area contributed by atoms with Gasteiger partial charge in [-0.1, -0.05) is 0 Å². The van der Waals surface area contributed by atoms with Gasteiger partial charge in [-0.15, -0.1) is 0 Å². The second-order valence-corrected chi connectivity index (χ2v) is 4.05. The van der Waals surface area contributed by atoms with Crippen LogP contribution < -0.4 is 10.6 Å². The highest BCUT2D eigenvalue weighted by Crippen LogP contribution is 2.09. The maximum absolute atomic E-state index is 11.6. The highest BCUT2D eigenvalue weighted by molar-refractivity contribution is 5.93. The Morgan fingerprint density at radius 2 is 2.32 bits per heavy atom. The second kappa shape index (κ2) is 6.58. The summed E-state index contributed by atoms with van der Waals surface area (Å²) in [6, 6.07) is 7.39. The molecule has 2 aromatic rings. The Morgan fingerprint density at radius 3 is 3.05 bits per heavy atom. The average Bonchev–Trinajstić information content (AvgIpc) is 2.93. The standard InChI is InChI=1S/C14H17N3O2/c1-2-15-14(18)13-10-11(5-7-17-13)16-8-6-12-4-3-9-19-12/h3-5,7,9-10H,2,6,8H2,1H3,(H,15,18)(H,16,17). The van der Waals surface area contributed by atoms with Crippen LogP contribution in [0, 0.1) is 0 Å². The maximum Gasteiger partial charge on any atom is 0.269 e. The number of amides is 1. The summed E-state index contributed by atoms with van der Waals surface area (Å²) in [5, 5.41) is 5.96. The van der Waals surface area contributed by atoms with Crippen LogP contribution in [0.25, 0.3) is 0 Å². The van der Waals surface area contributed by atoms with Crippen molar-refractivity contribution in [3.63, 3.8) is 0 Å². The number of carbonyl (C=O) groups excluding carboxylic acids is 1. The molecule has 5 nitrogen and oxygen atoms in total. The summed E-state index contributed by atoms with van der Waals surface area (Å²) < 4.78 is 5.25. The zero-order valence-electron chi connectivity index (χ0n) is 10.8. The summed E-state index contributed by atoms with van der Waals surface area (Å²) in [6.07, 6.45) is 4.08. The van der Waals surface area contributed by atoms with E-state index in [4.69, 9.17) is 4.42 Å². The van der Waals surface area contributed by atoms with Crippen LogP contribution in [0.5, 0.6) is 0 Å². The molecule has 2 N–H and O–H groups in total. The van der Waals surface area contributed by atoms with Gasteiger partial charge >= 0.3 is 0 Å². The number of furan rings is 1. The van der Waals surface area contributed by atoms with Crippen LogP contribution in [0.3, 0.4) is 0 Å². The van der Waals surface area contributed by atoms with Crippen molar-refractivity contribution in [3.8, 4) is 0 Å². The molecule has 2 heterocycles. The van der Waals surface area contributed by atoms with Crippen LogP contribution in [-0.2, 0) is 6.42 Å². The number of hydrogen-bond acceptors (Lipinski definition) is 4. The van der Waals surface area contributed by atoms with E-state index in [2.05, 4.69) is 15.6 Å². The van der Waals surface area contributed by atoms with Crippen molar-refractivity contribution in [2.24, 2.45) is 0 Å². The van der Waals surface area contributed by atoms with Gasteiger partial charge in [0.05, 0.1) is 6.26 Å². The van der Waals surface area contributed by atoms with Crippen LogP contribution in [0.2, 0.25) is 0 Å². The van der Waals surface area contributed by atoms with E-state index in [0.717, 1.165) is 24.4 Å². The van der Waals surface area contributed by atoms with Gasteiger partial charge in [0.15, 0.2) is 0 Å². The summed E-state index contributed by atoms with van der Waals surface area (Å²) in [5.74, 6) is 0.780. The van der Waals surface area contributed by atoms with Gasteiger partial charge in [-0.25, -0.2) is 0 Å². The smallest absolute Gasteiger partial charge is 0.269 e. The zero-order chi connectivity index (χ0) is 13.5. The van der Waals surface area contributed by atoms with E-state index in [9.17, 15) is 4.79 Å². The normalized spacial score (nSPS) is 10.2. The lowest BCUT2D eigenvalue weighted by molar-refractivity contribution is 0.0951. The van der Waals surface area contributed by atoms with Crippen molar-refractivity contribution in [1.29, 1.82) is 0 Å². The van der Waals surface area contributed by atoms with E-state index in [1.807, 2.05) is 25.1 Å². The Kier molecular flexibility index (Phi) is 4.55. The molecule has 19 heavy (non-hydrogen) atoms. The van der Waals surface area contributed by atoms with Gasteiger partial charge in [0.2, 0.25) is 0 Å². The number of aromatic nitrogens is 1. The van der Waals surface area contributed by atoms with E-state index in [1.165, 1.54) is 0 Å². The topological polar surface area (TPSA) is 67.2 Å². The average molecular weight is 259 g/mol. The maximum atomic E-state index is 11.6. The number of rotatable bonds is 6. The first-order valence-corrected chi connectivity index (χ1v) is 6.30. The highest BCUT2D eigenvalue weighted by Gasteiger charge is 2.06. The molecule has 0 bridgehead atoms. The second-order valence-electron chi connectivity index (χ2n) is 4.05. The van der Waals surface area contributed by atoms with Crippen molar-refractivity contribution in [1.82, 2.24) is 10.3 Å². The van der Waals surface area contributed by atoms with Crippen molar-refractivity contribution < 1.29 is 9.21 Å². The molecular formula is C14H17N3O2. The van der Waals surface area contributed by atoms with Gasteiger partial charge in [0, 0.05) is 31.4 Å². The third kappa shape index (κ3) is 3.84. The Balaban J connectivity index is 1.90. The first-order valence-electron chi connectivity index (χ1n) is 6.30. The first kappa shape index (κ1) is 13.1. The van der Waals surface area contributed by atoms with Crippen molar-refractivity contribution >= 4 is 11.6 Å². The third-order valence-corrected chi connectivity index (χ3v) is 2.61. The molecule has 1 amide bonds. The van der Waals surface area contributed by atoms with Gasteiger partial charge in [0.25, 0.3) is 5.91 Å². The van der Waals surface area contributed by atoms with Crippen molar-refractivity contribution in [3.05, 3.63) is 48.2 Å². The minimum atomic E-state index is -0.155. The van der Waals surface area contributed by atoms with Gasteiger partial charge in [0.1, 0.15) is 11.5 Å². The lowest BCUT2D eigenvalue weighted by Crippen LogP contribution is -2.23.